The largest absolute Gasteiger partial charge is 0.394 e. The zero-order chi connectivity index (χ0) is 13.0. The van der Waals surface area contributed by atoms with E-state index in [0.29, 0.717) is 5.56 Å². The summed E-state index contributed by atoms with van der Waals surface area (Å²) in [5.41, 5.74) is 2.78. The van der Waals surface area contributed by atoms with Crippen LogP contribution in [0.15, 0.2) is 18.2 Å². The highest BCUT2D eigenvalue weighted by molar-refractivity contribution is 5.95. The summed E-state index contributed by atoms with van der Waals surface area (Å²) in [4.78, 5) is 12.0. The van der Waals surface area contributed by atoms with Gasteiger partial charge in [-0.3, -0.25) is 4.79 Å². The van der Waals surface area contributed by atoms with Crippen molar-refractivity contribution in [3.8, 4) is 0 Å². The molecule has 0 heterocycles. The third-order valence-electron chi connectivity index (χ3n) is 2.94. The van der Waals surface area contributed by atoms with Crippen molar-refractivity contribution in [2.75, 3.05) is 6.61 Å². The van der Waals surface area contributed by atoms with Crippen molar-refractivity contribution in [3.63, 3.8) is 0 Å². The number of benzene rings is 1. The lowest BCUT2D eigenvalue weighted by Gasteiger charge is -2.20. The van der Waals surface area contributed by atoms with Gasteiger partial charge in [0.05, 0.1) is 12.6 Å². The van der Waals surface area contributed by atoms with E-state index in [9.17, 15) is 9.90 Å². The summed E-state index contributed by atoms with van der Waals surface area (Å²) < 4.78 is 0. The Hall–Kier alpha value is -1.35. The Morgan fingerprint density at radius 2 is 2.00 bits per heavy atom. The zero-order valence-corrected chi connectivity index (χ0v) is 10.9. The molecule has 0 aliphatic rings. The smallest absolute Gasteiger partial charge is 0.251 e. The van der Waals surface area contributed by atoms with Crippen molar-refractivity contribution in [2.24, 2.45) is 5.92 Å². The molecule has 1 atom stereocenters. The van der Waals surface area contributed by atoms with Crippen LogP contribution in [0.2, 0.25) is 0 Å². The van der Waals surface area contributed by atoms with Gasteiger partial charge in [-0.15, -0.1) is 0 Å². The first-order chi connectivity index (χ1) is 7.95. The molecule has 94 valence electrons. The van der Waals surface area contributed by atoms with Crippen LogP contribution in [-0.2, 0) is 0 Å². The van der Waals surface area contributed by atoms with Gasteiger partial charge in [0.15, 0.2) is 0 Å². The Balaban J connectivity index is 2.82. The normalized spacial score (nSPS) is 12.6. The van der Waals surface area contributed by atoms with Gasteiger partial charge in [0.2, 0.25) is 0 Å². The number of hydrogen-bond acceptors (Lipinski definition) is 2. The molecule has 1 aromatic rings. The van der Waals surface area contributed by atoms with Crippen LogP contribution in [0, 0.1) is 19.8 Å². The van der Waals surface area contributed by atoms with Crippen LogP contribution in [0.25, 0.3) is 0 Å². The maximum absolute atomic E-state index is 12.0. The van der Waals surface area contributed by atoms with Gasteiger partial charge in [-0.25, -0.2) is 0 Å². The Morgan fingerprint density at radius 1 is 1.35 bits per heavy atom. The average molecular weight is 235 g/mol. The quantitative estimate of drug-likeness (QED) is 0.839. The highest BCUT2D eigenvalue weighted by Crippen LogP contribution is 2.11. The van der Waals surface area contributed by atoms with Gasteiger partial charge < -0.3 is 10.4 Å². The van der Waals surface area contributed by atoms with E-state index in [-0.39, 0.29) is 24.5 Å². The summed E-state index contributed by atoms with van der Waals surface area (Å²) in [6, 6.07) is 5.54. The number of aliphatic hydroxyl groups excluding tert-OH is 1. The molecule has 0 fully saturated rings. The number of rotatable bonds is 4. The summed E-state index contributed by atoms with van der Waals surface area (Å²) in [6.07, 6.45) is 0. The molecule has 17 heavy (non-hydrogen) atoms. The van der Waals surface area contributed by atoms with Gasteiger partial charge >= 0.3 is 0 Å². The highest BCUT2D eigenvalue weighted by Gasteiger charge is 2.17. The van der Waals surface area contributed by atoms with Crippen molar-refractivity contribution in [1.82, 2.24) is 5.32 Å². The zero-order valence-electron chi connectivity index (χ0n) is 10.9. The van der Waals surface area contributed by atoms with E-state index >= 15 is 0 Å². The van der Waals surface area contributed by atoms with E-state index in [4.69, 9.17) is 0 Å². The van der Waals surface area contributed by atoms with Gasteiger partial charge in [-0.1, -0.05) is 31.5 Å². The number of aliphatic hydroxyl groups is 1. The SMILES string of the molecule is Cc1ccc(C(=O)N[C@H](CO)C(C)C)c(C)c1. The summed E-state index contributed by atoms with van der Waals surface area (Å²) in [6.45, 7) is 7.84. The molecule has 1 aromatic carbocycles. The Bertz CT molecular complexity index is 399. The fourth-order valence-corrected chi connectivity index (χ4v) is 1.74. The number of nitrogens with one attached hydrogen (secondary N) is 1. The summed E-state index contributed by atoms with van der Waals surface area (Å²) in [5.74, 6) is 0.102. The number of carbonyl (C=O) groups is 1. The van der Waals surface area contributed by atoms with Crippen molar-refractivity contribution >= 4 is 5.91 Å². The minimum absolute atomic E-state index is 0.0334. The van der Waals surface area contributed by atoms with E-state index in [0.717, 1.165) is 11.1 Å². The second kappa shape index (κ2) is 5.82. The van der Waals surface area contributed by atoms with Crippen LogP contribution in [0.5, 0.6) is 0 Å². The second-order valence-electron chi connectivity index (χ2n) is 4.82. The first-order valence-electron chi connectivity index (χ1n) is 5.94. The molecule has 0 spiro atoms. The standard InChI is InChI=1S/C14H21NO2/c1-9(2)13(8-16)15-14(17)12-6-5-10(3)7-11(12)4/h5-7,9,13,16H,8H2,1-4H3,(H,15,17)/t13-/m1/s1. The van der Waals surface area contributed by atoms with Crippen molar-refractivity contribution in [2.45, 2.75) is 33.7 Å². The first kappa shape index (κ1) is 13.7. The van der Waals surface area contributed by atoms with Gasteiger partial charge in [0.25, 0.3) is 5.91 Å². The van der Waals surface area contributed by atoms with Crippen LogP contribution in [0.4, 0.5) is 0 Å². The number of aryl methyl sites for hydroxylation is 2. The Morgan fingerprint density at radius 3 is 2.47 bits per heavy atom. The first-order valence-corrected chi connectivity index (χ1v) is 5.94. The number of carbonyl (C=O) groups excluding carboxylic acids is 1. The average Bonchev–Trinajstić information content (AvgIpc) is 2.24. The van der Waals surface area contributed by atoms with E-state index in [1.807, 2.05) is 45.9 Å². The third kappa shape index (κ3) is 3.56. The highest BCUT2D eigenvalue weighted by atomic mass is 16.3. The molecule has 0 aliphatic carbocycles. The summed E-state index contributed by atoms with van der Waals surface area (Å²) >= 11 is 0. The predicted molar refractivity (Wildman–Crippen MR) is 69.1 cm³/mol. The van der Waals surface area contributed by atoms with Crippen molar-refractivity contribution in [3.05, 3.63) is 34.9 Å². The summed E-state index contributed by atoms with van der Waals surface area (Å²) in [5, 5.41) is 12.0. The fraction of sp³-hybridized carbons (Fsp3) is 0.500. The predicted octanol–water partition coefficient (Wildman–Crippen LogP) is 2.05. The maximum atomic E-state index is 12.0. The molecule has 0 unspecified atom stereocenters. The lowest BCUT2D eigenvalue weighted by atomic mass is 10.0. The van der Waals surface area contributed by atoms with Gasteiger partial charge in [-0.2, -0.15) is 0 Å². The Labute approximate surface area is 103 Å². The van der Waals surface area contributed by atoms with Crippen LogP contribution < -0.4 is 5.32 Å². The molecular weight excluding hydrogens is 214 g/mol. The van der Waals surface area contributed by atoms with E-state index in [1.54, 1.807) is 0 Å². The van der Waals surface area contributed by atoms with Crippen LogP contribution in [-0.4, -0.2) is 23.7 Å². The molecule has 0 saturated heterocycles. The molecule has 0 aliphatic heterocycles. The molecule has 0 saturated carbocycles. The van der Waals surface area contributed by atoms with E-state index in [1.165, 1.54) is 0 Å². The van der Waals surface area contributed by atoms with E-state index < -0.39 is 0 Å². The van der Waals surface area contributed by atoms with E-state index in [2.05, 4.69) is 5.32 Å². The molecule has 0 radical (unpaired) electrons. The molecule has 2 N–H and O–H groups in total. The summed E-state index contributed by atoms with van der Waals surface area (Å²) in [7, 11) is 0. The van der Waals surface area contributed by atoms with Gasteiger partial charge in [0.1, 0.15) is 0 Å². The fourth-order valence-electron chi connectivity index (χ4n) is 1.74. The molecule has 3 nitrogen and oxygen atoms in total. The lowest BCUT2D eigenvalue weighted by Crippen LogP contribution is -2.41. The molecule has 1 rings (SSSR count). The second-order valence-corrected chi connectivity index (χ2v) is 4.82. The lowest BCUT2D eigenvalue weighted by molar-refractivity contribution is 0.0896. The Kier molecular flexibility index (Phi) is 4.70. The molecule has 0 bridgehead atoms. The number of amides is 1. The topological polar surface area (TPSA) is 49.3 Å². The third-order valence-corrected chi connectivity index (χ3v) is 2.94. The molecule has 0 aromatic heterocycles. The molecule has 3 heteroatoms. The van der Waals surface area contributed by atoms with Gasteiger partial charge in [0, 0.05) is 5.56 Å². The minimum atomic E-state index is -0.191. The van der Waals surface area contributed by atoms with Crippen LogP contribution >= 0.6 is 0 Å². The number of hydrogen-bond donors (Lipinski definition) is 2. The van der Waals surface area contributed by atoms with Crippen LogP contribution in [0.1, 0.15) is 35.3 Å². The molecule has 1 amide bonds. The van der Waals surface area contributed by atoms with Gasteiger partial charge in [-0.05, 0) is 31.4 Å². The molecular formula is C14H21NO2. The van der Waals surface area contributed by atoms with Crippen LogP contribution in [0.3, 0.4) is 0 Å². The van der Waals surface area contributed by atoms with Crippen molar-refractivity contribution < 1.29 is 9.90 Å². The minimum Gasteiger partial charge on any atom is -0.394 e. The van der Waals surface area contributed by atoms with Crippen molar-refractivity contribution in [1.29, 1.82) is 0 Å². The maximum Gasteiger partial charge on any atom is 0.251 e. The monoisotopic (exact) mass is 235 g/mol.